The number of carbonyl (C=O) groups is 4. The number of phosphoric acid groups is 2. The van der Waals surface area contributed by atoms with Crippen molar-refractivity contribution in [1.29, 1.82) is 0 Å². The molecular formula is C73H142O17P2. The second-order valence-corrected chi connectivity index (χ2v) is 29.5. The molecule has 0 aliphatic heterocycles. The highest BCUT2D eigenvalue weighted by molar-refractivity contribution is 7.47. The zero-order chi connectivity index (χ0) is 67.7. The van der Waals surface area contributed by atoms with Gasteiger partial charge in [-0.25, -0.2) is 9.13 Å². The van der Waals surface area contributed by atoms with Crippen molar-refractivity contribution in [2.24, 2.45) is 5.92 Å². The highest BCUT2D eigenvalue weighted by Gasteiger charge is 2.30. The summed E-state index contributed by atoms with van der Waals surface area (Å²) in [5.74, 6) is -1.38. The zero-order valence-electron chi connectivity index (χ0n) is 59.7. The Balaban J connectivity index is 5.25. The summed E-state index contributed by atoms with van der Waals surface area (Å²) in [6.45, 7) is 7.24. The average Bonchev–Trinajstić information content (AvgIpc) is 3.64. The van der Waals surface area contributed by atoms with Gasteiger partial charge in [0.2, 0.25) is 0 Å². The molecule has 0 aromatic heterocycles. The molecule has 0 aliphatic rings. The molecular weight excluding hydrogens is 1210 g/mol. The number of rotatable bonds is 73. The van der Waals surface area contributed by atoms with Crippen LogP contribution in [0.4, 0.5) is 0 Å². The van der Waals surface area contributed by atoms with Crippen LogP contribution < -0.4 is 0 Å². The number of esters is 4. The number of carbonyl (C=O) groups excluding carboxylic acids is 4. The van der Waals surface area contributed by atoms with E-state index >= 15 is 0 Å². The smallest absolute Gasteiger partial charge is 0.462 e. The van der Waals surface area contributed by atoms with E-state index in [1.54, 1.807) is 0 Å². The number of hydrogen-bond acceptors (Lipinski definition) is 15. The maximum atomic E-state index is 13.1. The number of phosphoric ester groups is 2. The summed E-state index contributed by atoms with van der Waals surface area (Å²) in [6.07, 6.45) is 53.9. The van der Waals surface area contributed by atoms with E-state index in [4.69, 9.17) is 37.0 Å². The Morgan fingerprint density at radius 2 is 0.522 bits per heavy atom. The lowest BCUT2D eigenvalue weighted by Gasteiger charge is -2.21. The summed E-state index contributed by atoms with van der Waals surface area (Å²) in [7, 11) is -9.90. The largest absolute Gasteiger partial charge is 0.472 e. The van der Waals surface area contributed by atoms with Crippen LogP contribution in [0.15, 0.2) is 0 Å². The quantitative estimate of drug-likeness (QED) is 0.0222. The fourth-order valence-electron chi connectivity index (χ4n) is 11.1. The van der Waals surface area contributed by atoms with Gasteiger partial charge in [-0.15, -0.1) is 0 Å². The second kappa shape index (κ2) is 66.3. The number of hydrogen-bond donors (Lipinski definition) is 3. The van der Waals surface area contributed by atoms with E-state index in [1.807, 2.05) is 0 Å². The van der Waals surface area contributed by atoms with Gasteiger partial charge in [-0.2, -0.15) is 0 Å². The van der Waals surface area contributed by atoms with E-state index in [-0.39, 0.29) is 25.7 Å². The lowest BCUT2D eigenvalue weighted by molar-refractivity contribution is -0.161. The molecule has 0 aromatic rings. The van der Waals surface area contributed by atoms with Crippen LogP contribution >= 0.6 is 15.6 Å². The Morgan fingerprint density at radius 3 is 0.772 bits per heavy atom. The first-order valence-electron chi connectivity index (χ1n) is 38.2. The van der Waals surface area contributed by atoms with E-state index in [9.17, 15) is 43.2 Å². The predicted molar refractivity (Wildman–Crippen MR) is 372 cm³/mol. The summed E-state index contributed by atoms with van der Waals surface area (Å²) in [5.41, 5.74) is 0. The Bertz CT molecular complexity index is 1770. The van der Waals surface area contributed by atoms with Crippen molar-refractivity contribution in [1.82, 2.24) is 0 Å². The van der Waals surface area contributed by atoms with Gasteiger partial charge in [0.25, 0.3) is 0 Å². The molecule has 6 atom stereocenters. The van der Waals surface area contributed by atoms with Crippen molar-refractivity contribution < 1.29 is 80.2 Å². The van der Waals surface area contributed by atoms with Gasteiger partial charge in [0.1, 0.15) is 19.3 Å². The van der Waals surface area contributed by atoms with E-state index in [1.165, 1.54) is 199 Å². The average molecular weight is 1350 g/mol. The molecule has 0 saturated heterocycles. The first kappa shape index (κ1) is 90.1. The van der Waals surface area contributed by atoms with E-state index in [0.29, 0.717) is 25.7 Å². The van der Waals surface area contributed by atoms with Crippen LogP contribution in [0.5, 0.6) is 0 Å². The third-order valence-electron chi connectivity index (χ3n) is 17.4. The fourth-order valence-corrected chi connectivity index (χ4v) is 12.7. The lowest BCUT2D eigenvalue weighted by Crippen LogP contribution is -2.30. The minimum Gasteiger partial charge on any atom is -0.462 e. The topological polar surface area (TPSA) is 237 Å². The normalized spacial score (nSPS) is 14.3. The van der Waals surface area contributed by atoms with Gasteiger partial charge >= 0.3 is 39.5 Å². The molecule has 0 bridgehead atoms. The summed E-state index contributed by atoms with van der Waals surface area (Å²) in [4.78, 5) is 72.7. The highest BCUT2D eigenvalue weighted by atomic mass is 31.2. The van der Waals surface area contributed by atoms with Gasteiger partial charge < -0.3 is 33.8 Å². The molecule has 0 radical (unpaired) electrons. The lowest BCUT2D eigenvalue weighted by atomic mass is 10.00. The molecule has 3 unspecified atom stereocenters. The number of aliphatic hydroxyl groups excluding tert-OH is 1. The monoisotopic (exact) mass is 1350 g/mol. The zero-order valence-corrected chi connectivity index (χ0v) is 61.5. The summed E-state index contributed by atoms with van der Waals surface area (Å²) in [5, 5.41) is 10.6. The Kier molecular flexibility index (Phi) is 64.9. The molecule has 19 heteroatoms. The SMILES string of the molecule is CCCCCCCCCCCCCCCCC(=O)OC[C@H](COP(=O)(O)OC[C@@H](O)COP(=O)(O)OC[C@@H](COC(=O)CCCCCCCCC(C)CC)OC(=O)CCCCCCCCCCCCCCCC)OC(=O)CCCCCCCCCCCCCCCC. The third kappa shape index (κ3) is 65.4. The maximum Gasteiger partial charge on any atom is 0.472 e. The molecule has 3 N–H and O–H groups in total. The minimum atomic E-state index is -4.95. The number of unbranched alkanes of at least 4 members (excludes halogenated alkanes) is 44. The molecule has 0 heterocycles. The minimum absolute atomic E-state index is 0.107. The van der Waals surface area contributed by atoms with Crippen molar-refractivity contribution in [3.63, 3.8) is 0 Å². The number of aliphatic hydroxyl groups is 1. The Morgan fingerprint density at radius 1 is 0.304 bits per heavy atom. The van der Waals surface area contributed by atoms with Crippen LogP contribution in [0.1, 0.15) is 381 Å². The molecule has 546 valence electrons. The number of ether oxygens (including phenoxy) is 4. The maximum absolute atomic E-state index is 13.1. The van der Waals surface area contributed by atoms with Crippen LogP contribution in [0.3, 0.4) is 0 Å². The first-order valence-corrected chi connectivity index (χ1v) is 41.2. The van der Waals surface area contributed by atoms with Crippen molar-refractivity contribution in [3.8, 4) is 0 Å². The molecule has 0 aliphatic carbocycles. The van der Waals surface area contributed by atoms with Crippen molar-refractivity contribution in [3.05, 3.63) is 0 Å². The Labute approximate surface area is 562 Å². The Hall–Kier alpha value is -1.94. The summed E-state index contributed by atoms with van der Waals surface area (Å²) in [6, 6.07) is 0. The van der Waals surface area contributed by atoms with E-state index < -0.39 is 97.5 Å². The van der Waals surface area contributed by atoms with Gasteiger partial charge in [-0.1, -0.05) is 330 Å². The molecule has 17 nitrogen and oxygen atoms in total. The third-order valence-corrected chi connectivity index (χ3v) is 19.3. The van der Waals surface area contributed by atoms with Gasteiger partial charge in [-0.3, -0.25) is 37.3 Å². The van der Waals surface area contributed by atoms with Gasteiger partial charge in [-0.05, 0) is 31.6 Å². The molecule has 0 rings (SSSR count). The van der Waals surface area contributed by atoms with E-state index in [0.717, 1.165) is 102 Å². The van der Waals surface area contributed by atoms with Crippen LogP contribution in [0.25, 0.3) is 0 Å². The van der Waals surface area contributed by atoms with Crippen LogP contribution in [0.2, 0.25) is 0 Å². The summed E-state index contributed by atoms with van der Waals surface area (Å²) < 4.78 is 68.4. The van der Waals surface area contributed by atoms with Gasteiger partial charge in [0.05, 0.1) is 26.4 Å². The van der Waals surface area contributed by atoms with Crippen molar-refractivity contribution in [2.45, 2.75) is 400 Å². The van der Waals surface area contributed by atoms with Gasteiger partial charge in [0.15, 0.2) is 12.2 Å². The van der Waals surface area contributed by atoms with Crippen LogP contribution in [0, 0.1) is 5.92 Å². The van der Waals surface area contributed by atoms with Gasteiger partial charge in [0, 0.05) is 25.7 Å². The molecule has 0 aromatic carbocycles. The van der Waals surface area contributed by atoms with E-state index in [2.05, 4.69) is 34.6 Å². The molecule has 0 fully saturated rings. The van der Waals surface area contributed by atoms with Crippen molar-refractivity contribution in [2.75, 3.05) is 39.6 Å². The first-order chi connectivity index (χ1) is 44.6. The summed E-state index contributed by atoms with van der Waals surface area (Å²) >= 11 is 0. The molecule has 0 saturated carbocycles. The highest BCUT2D eigenvalue weighted by Crippen LogP contribution is 2.45. The predicted octanol–water partition coefficient (Wildman–Crippen LogP) is 21.3. The van der Waals surface area contributed by atoms with Crippen LogP contribution in [-0.2, 0) is 65.4 Å². The second-order valence-electron chi connectivity index (χ2n) is 26.6. The molecule has 0 spiro atoms. The molecule has 0 amide bonds. The fraction of sp³-hybridized carbons (Fsp3) is 0.945. The van der Waals surface area contributed by atoms with Crippen LogP contribution in [-0.4, -0.2) is 96.7 Å². The molecule has 92 heavy (non-hydrogen) atoms. The standard InChI is InChI=1S/C73H142O17P2/c1-6-10-13-16-19-22-25-28-31-34-37-40-46-51-56-70(75)83-62-68(89-72(77)58-53-48-41-38-35-32-29-26-23-20-17-14-11-7-2)64-87-91(79,80)85-60-67(74)61-86-92(81,82)88-65-69(63-84-71(76)57-52-47-44-43-45-50-55-66(5)9-4)90-73(78)59-54-49-42-39-36-33-30-27-24-21-18-15-12-8-3/h66-69,74H,6-65H2,1-5H3,(H,79,80)(H,81,82)/t66?,67-,68-,69-/m1/s1. The van der Waals surface area contributed by atoms with Crippen molar-refractivity contribution >= 4 is 39.5 Å².